The molecule has 0 saturated carbocycles. The normalized spacial score (nSPS) is 10.9. The Hall–Kier alpha value is -3.52. The van der Waals surface area contributed by atoms with Gasteiger partial charge < -0.3 is 9.30 Å². The van der Waals surface area contributed by atoms with Gasteiger partial charge in [0.1, 0.15) is 0 Å². The molecule has 2 aromatic carbocycles. The number of carbonyl (C=O) groups is 2. The van der Waals surface area contributed by atoms with Gasteiger partial charge in [0.05, 0.1) is 4.92 Å². The van der Waals surface area contributed by atoms with E-state index in [1.54, 1.807) is 6.07 Å². The van der Waals surface area contributed by atoms with Crippen molar-refractivity contribution in [3.63, 3.8) is 0 Å². The monoisotopic (exact) mass is 482 g/mol. The van der Waals surface area contributed by atoms with Crippen LogP contribution in [0.5, 0.6) is 0 Å². The predicted octanol–water partition coefficient (Wildman–Crippen LogP) is 5.20. The first kappa shape index (κ1) is 22.2. The van der Waals surface area contributed by atoms with Crippen LogP contribution in [0.3, 0.4) is 0 Å². The average Bonchev–Trinajstić information content (AvgIpc) is 3.05. The van der Waals surface area contributed by atoms with E-state index in [4.69, 9.17) is 4.74 Å². The number of aryl methyl sites for hydroxylation is 1. The van der Waals surface area contributed by atoms with Crippen molar-refractivity contribution in [3.8, 4) is 5.69 Å². The number of hydrogen-bond donors (Lipinski definition) is 0. The van der Waals surface area contributed by atoms with E-state index in [0.29, 0.717) is 11.1 Å². The van der Waals surface area contributed by atoms with Crippen LogP contribution in [0.1, 0.15) is 27.3 Å². The van der Waals surface area contributed by atoms with Crippen molar-refractivity contribution in [2.45, 2.75) is 13.8 Å². The number of carbonyl (C=O) groups excluding carboxylic acids is 2. The number of nitrogens with zero attached hydrogens (tertiary/aromatic N) is 2. The number of ketones is 1. The summed E-state index contributed by atoms with van der Waals surface area (Å²) in [6.45, 7) is 3.37. The topological polar surface area (TPSA) is 91.4 Å². The highest BCUT2D eigenvalue weighted by molar-refractivity contribution is 9.10. The molecular weight excluding hydrogens is 464 g/mol. The van der Waals surface area contributed by atoms with Crippen molar-refractivity contribution < 1.29 is 19.2 Å². The largest absolute Gasteiger partial charge is 0.454 e. The van der Waals surface area contributed by atoms with Gasteiger partial charge in [-0.3, -0.25) is 14.9 Å². The first-order valence-electron chi connectivity index (χ1n) is 9.33. The van der Waals surface area contributed by atoms with Crippen LogP contribution in [-0.2, 0) is 9.53 Å². The minimum absolute atomic E-state index is 0.0361. The molecule has 0 spiro atoms. The van der Waals surface area contributed by atoms with Crippen molar-refractivity contribution in [2.24, 2.45) is 0 Å². The Kier molecular flexibility index (Phi) is 6.81. The molecule has 3 rings (SSSR count). The van der Waals surface area contributed by atoms with E-state index in [1.165, 1.54) is 36.4 Å². The molecule has 3 aromatic rings. The van der Waals surface area contributed by atoms with Gasteiger partial charge in [-0.1, -0.05) is 15.9 Å². The molecule has 0 N–H and O–H groups in total. The fourth-order valence-electron chi connectivity index (χ4n) is 3.17. The van der Waals surface area contributed by atoms with E-state index in [2.05, 4.69) is 15.9 Å². The second-order valence-electron chi connectivity index (χ2n) is 6.81. The summed E-state index contributed by atoms with van der Waals surface area (Å²) in [6, 6.07) is 15.2. The molecule has 0 unspecified atom stereocenters. The van der Waals surface area contributed by atoms with E-state index in [0.717, 1.165) is 21.5 Å². The zero-order valence-corrected chi connectivity index (χ0v) is 18.5. The molecule has 8 heteroatoms. The zero-order chi connectivity index (χ0) is 22.5. The number of esters is 1. The summed E-state index contributed by atoms with van der Waals surface area (Å²) in [4.78, 5) is 34.7. The minimum Gasteiger partial charge on any atom is -0.454 e. The van der Waals surface area contributed by atoms with Gasteiger partial charge in [-0.25, -0.2) is 4.79 Å². The minimum atomic E-state index is -0.673. The first-order chi connectivity index (χ1) is 14.8. The summed E-state index contributed by atoms with van der Waals surface area (Å²) in [7, 11) is 0. The van der Waals surface area contributed by atoms with Crippen LogP contribution in [0, 0.1) is 24.0 Å². The summed E-state index contributed by atoms with van der Waals surface area (Å²) in [5.74, 6) is -0.970. The van der Waals surface area contributed by atoms with Crippen molar-refractivity contribution in [1.29, 1.82) is 0 Å². The predicted molar refractivity (Wildman–Crippen MR) is 120 cm³/mol. The maximum Gasteiger partial charge on any atom is 0.331 e. The van der Waals surface area contributed by atoms with Gasteiger partial charge >= 0.3 is 5.97 Å². The van der Waals surface area contributed by atoms with Crippen LogP contribution in [0.15, 0.2) is 65.1 Å². The van der Waals surface area contributed by atoms with Crippen LogP contribution in [-0.4, -0.2) is 27.8 Å². The van der Waals surface area contributed by atoms with Crippen LogP contribution < -0.4 is 0 Å². The molecule has 0 aliphatic rings. The van der Waals surface area contributed by atoms with Gasteiger partial charge in [-0.15, -0.1) is 0 Å². The Morgan fingerprint density at radius 3 is 2.35 bits per heavy atom. The highest BCUT2D eigenvalue weighted by atomic mass is 79.9. The Bertz CT molecular complexity index is 1160. The summed E-state index contributed by atoms with van der Waals surface area (Å²) in [6.07, 6.45) is 2.65. The number of non-ortho nitro benzene ring substituents is 1. The molecule has 31 heavy (non-hydrogen) atoms. The fourth-order valence-corrected chi connectivity index (χ4v) is 3.43. The molecule has 1 heterocycles. The number of rotatable bonds is 7. The molecule has 0 aliphatic heterocycles. The molecule has 0 atom stereocenters. The van der Waals surface area contributed by atoms with E-state index >= 15 is 0 Å². The highest BCUT2D eigenvalue weighted by Crippen LogP contribution is 2.23. The van der Waals surface area contributed by atoms with E-state index in [-0.39, 0.29) is 18.1 Å². The number of benzene rings is 2. The number of nitro benzene ring substituents is 1. The van der Waals surface area contributed by atoms with Crippen LogP contribution in [0.2, 0.25) is 0 Å². The molecule has 0 saturated heterocycles. The average molecular weight is 483 g/mol. The molecule has 7 nitrogen and oxygen atoms in total. The quantitative estimate of drug-likeness (QED) is 0.151. The number of Topliss-reactive ketones (excluding diaryl/α,β-unsaturated/α-hetero) is 1. The third-order valence-electron chi connectivity index (χ3n) is 4.68. The molecule has 0 bridgehead atoms. The molecule has 0 radical (unpaired) electrons. The van der Waals surface area contributed by atoms with Crippen LogP contribution >= 0.6 is 15.9 Å². The fraction of sp³-hybridized carbons (Fsp3) is 0.130. The van der Waals surface area contributed by atoms with Gasteiger partial charge in [-0.2, -0.15) is 0 Å². The standard InChI is InChI=1S/C23H19BrN2O5/c1-15-13-21(16(2)25(15)19-10-6-18(24)7-11-19)22(27)14-31-23(28)12-5-17-3-8-20(9-4-17)26(29)30/h3-13H,14H2,1-2H3/b12-5+. The van der Waals surface area contributed by atoms with Crippen molar-refractivity contribution >= 4 is 39.4 Å². The van der Waals surface area contributed by atoms with Crippen LogP contribution in [0.4, 0.5) is 5.69 Å². The Balaban J connectivity index is 1.64. The molecular formula is C23H19BrN2O5. The lowest BCUT2D eigenvalue weighted by Gasteiger charge is -2.10. The lowest BCUT2D eigenvalue weighted by Crippen LogP contribution is -2.13. The Labute approximate surface area is 187 Å². The SMILES string of the molecule is Cc1cc(C(=O)COC(=O)/C=C/c2ccc([N+](=O)[O-])cc2)c(C)n1-c1ccc(Br)cc1. The highest BCUT2D eigenvalue weighted by Gasteiger charge is 2.17. The van der Waals surface area contributed by atoms with Gasteiger partial charge in [0.2, 0.25) is 5.78 Å². The van der Waals surface area contributed by atoms with Gasteiger partial charge in [0, 0.05) is 45.3 Å². The molecule has 0 aliphatic carbocycles. The number of nitro groups is 1. The summed E-state index contributed by atoms with van der Waals surface area (Å²) in [5, 5.41) is 10.7. The molecule has 1 aromatic heterocycles. The number of aromatic nitrogens is 1. The first-order valence-corrected chi connectivity index (χ1v) is 10.1. The third kappa shape index (κ3) is 5.35. The lowest BCUT2D eigenvalue weighted by atomic mass is 10.1. The van der Waals surface area contributed by atoms with E-state index < -0.39 is 10.9 Å². The van der Waals surface area contributed by atoms with E-state index in [1.807, 2.05) is 42.7 Å². The molecule has 0 fully saturated rings. The maximum absolute atomic E-state index is 12.6. The van der Waals surface area contributed by atoms with Crippen LogP contribution in [0.25, 0.3) is 11.8 Å². The lowest BCUT2D eigenvalue weighted by molar-refractivity contribution is -0.384. The van der Waals surface area contributed by atoms with Crippen molar-refractivity contribution in [1.82, 2.24) is 4.57 Å². The Morgan fingerprint density at radius 2 is 1.74 bits per heavy atom. The van der Waals surface area contributed by atoms with Gasteiger partial charge in [0.15, 0.2) is 6.61 Å². The maximum atomic E-state index is 12.6. The van der Waals surface area contributed by atoms with E-state index in [9.17, 15) is 19.7 Å². The molecule has 158 valence electrons. The third-order valence-corrected chi connectivity index (χ3v) is 5.21. The number of hydrogen-bond acceptors (Lipinski definition) is 5. The smallest absolute Gasteiger partial charge is 0.331 e. The second-order valence-corrected chi connectivity index (χ2v) is 7.73. The molecule has 0 amide bonds. The number of halogens is 1. The summed E-state index contributed by atoms with van der Waals surface area (Å²) < 4.78 is 8.00. The summed E-state index contributed by atoms with van der Waals surface area (Å²) in [5.41, 5.74) is 3.65. The number of ether oxygens (including phenoxy) is 1. The Morgan fingerprint density at radius 1 is 1.10 bits per heavy atom. The second kappa shape index (κ2) is 9.53. The van der Waals surface area contributed by atoms with Gasteiger partial charge in [-0.05, 0) is 68.0 Å². The van der Waals surface area contributed by atoms with Crippen molar-refractivity contribution in [2.75, 3.05) is 6.61 Å². The van der Waals surface area contributed by atoms with Gasteiger partial charge in [0.25, 0.3) is 5.69 Å². The summed E-state index contributed by atoms with van der Waals surface area (Å²) >= 11 is 3.41. The zero-order valence-electron chi connectivity index (χ0n) is 16.9. The van der Waals surface area contributed by atoms with Crippen molar-refractivity contribution in [3.05, 3.63) is 97.8 Å².